The van der Waals surface area contributed by atoms with E-state index in [-0.39, 0.29) is 18.5 Å². The maximum atomic E-state index is 12.0. The molecule has 0 aliphatic carbocycles. The molecule has 118 valence electrons. The van der Waals surface area contributed by atoms with Gasteiger partial charge in [-0.3, -0.25) is 10.1 Å². The summed E-state index contributed by atoms with van der Waals surface area (Å²) in [5.41, 5.74) is 1.57. The fourth-order valence-corrected chi connectivity index (χ4v) is 2.43. The molecule has 0 fully saturated rings. The average Bonchev–Trinajstić information content (AvgIpc) is 2.99. The molecule has 2 aromatic carbocycles. The predicted molar refractivity (Wildman–Crippen MR) is 92.7 cm³/mol. The van der Waals surface area contributed by atoms with Crippen molar-refractivity contribution in [3.63, 3.8) is 0 Å². The van der Waals surface area contributed by atoms with Crippen LogP contribution in [0.15, 0.2) is 59.0 Å². The summed E-state index contributed by atoms with van der Waals surface area (Å²) in [5, 5.41) is 7.67. The molecule has 3 rings (SSSR count). The van der Waals surface area contributed by atoms with Gasteiger partial charge >= 0.3 is 0 Å². The summed E-state index contributed by atoms with van der Waals surface area (Å²) in [6.07, 6.45) is 0. The third-order valence-electron chi connectivity index (χ3n) is 3.57. The number of halogens is 1. The van der Waals surface area contributed by atoms with Crippen LogP contribution in [-0.4, -0.2) is 12.5 Å². The first-order valence-electron chi connectivity index (χ1n) is 7.39. The summed E-state index contributed by atoms with van der Waals surface area (Å²) >= 11 is 5.82. The zero-order valence-electron chi connectivity index (χ0n) is 12.7. The van der Waals surface area contributed by atoms with Gasteiger partial charge in [0, 0.05) is 16.1 Å². The van der Waals surface area contributed by atoms with Crippen LogP contribution in [0.25, 0.3) is 11.0 Å². The zero-order valence-corrected chi connectivity index (χ0v) is 13.4. The van der Waals surface area contributed by atoms with Gasteiger partial charge in [0.25, 0.3) is 0 Å². The number of fused-ring (bicyclic) bond motifs is 1. The highest BCUT2D eigenvalue weighted by Crippen LogP contribution is 2.23. The van der Waals surface area contributed by atoms with E-state index in [1.165, 1.54) is 0 Å². The van der Waals surface area contributed by atoms with Gasteiger partial charge in [0.1, 0.15) is 11.3 Å². The Morgan fingerprint density at radius 1 is 1.17 bits per heavy atom. The number of benzene rings is 2. The number of hydrogen-bond acceptors (Lipinski definition) is 3. The predicted octanol–water partition coefficient (Wildman–Crippen LogP) is 4.38. The van der Waals surface area contributed by atoms with Gasteiger partial charge in [0.15, 0.2) is 0 Å². The van der Waals surface area contributed by atoms with Crippen LogP contribution in [0.3, 0.4) is 0 Å². The van der Waals surface area contributed by atoms with Crippen molar-refractivity contribution in [3.05, 3.63) is 65.4 Å². The Labute approximate surface area is 139 Å². The number of carbonyl (C=O) groups excluding carboxylic acids is 1. The lowest BCUT2D eigenvalue weighted by atomic mass is 10.2. The van der Waals surface area contributed by atoms with Crippen molar-refractivity contribution in [2.75, 3.05) is 11.9 Å². The van der Waals surface area contributed by atoms with Crippen molar-refractivity contribution < 1.29 is 9.21 Å². The highest BCUT2D eigenvalue weighted by molar-refractivity contribution is 6.30. The first-order valence-corrected chi connectivity index (χ1v) is 7.77. The van der Waals surface area contributed by atoms with E-state index in [0.717, 1.165) is 22.4 Å². The Morgan fingerprint density at radius 3 is 2.65 bits per heavy atom. The van der Waals surface area contributed by atoms with E-state index in [1.54, 1.807) is 24.3 Å². The van der Waals surface area contributed by atoms with Gasteiger partial charge in [0.05, 0.1) is 12.6 Å². The molecule has 1 aromatic heterocycles. The van der Waals surface area contributed by atoms with E-state index in [9.17, 15) is 4.79 Å². The molecule has 3 aromatic rings. The second-order valence-electron chi connectivity index (χ2n) is 5.34. The van der Waals surface area contributed by atoms with Gasteiger partial charge in [-0.25, -0.2) is 0 Å². The number of rotatable bonds is 5. The van der Waals surface area contributed by atoms with Crippen LogP contribution < -0.4 is 10.6 Å². The minimum absolute atomic E-state index is 0.0571. The van der Waals surface area contributed by atoms with E-state index in [0.29, 0.717) is 5.02 Å². The number of carbonyl (C=O) groups is 1. The molecular formula is C18H17ClN2O2. The third-order valence-corrected chi connectivity index (χ3v) is 3.82. The number of anilines is 1. The normalized spacial score (nSPS) is 12.3. The summed E-state index contributed by atoms with van der Waals surface area (Å²) in [6, 6.07) is 16.8. The molecule has 1 atom stereocenters. The SMILES string of the molecule is CC(NCC(=O)Nc1ccc(Cl)cc1)c1cc2ccccc2o1. The van der Waals surface area contributed by atoms with E-state index >= 15 is 0 Å². The number of hydrogen-bond donors (Lipinski definition) is 2. The fourth-order valence-electron chi connectivity index (χ4n) is 2.30. The van der Waals surface area contributed by atoms with E-state index in [4.69, 9.17) is 16.0 Å². The van der Waals surface area contributed by atoms with Crippen LogP contribution in [0.2, 0.25) is 5.02 Å². The van der Waals surface area contributed by atoms with Crippen LogP contribution in [0.4, 0.5) is 5.69 Å². The monoisotopic (exact) mass is 328 g/mol. The van der Waals surface area contributed by atoms with Crippen molar-refractivity contribution in [1.82, 2.24) is 5.32 Å². The Hall–Kier alpha value is -2.30. The Bertz CT molecular complexity index is 778. The smallest absolute Gasteiger partial charge is 0.238 e. The summed E-state index contributed by atoms with van der Waals surface area (Å²) in [6.45, 7) is 2.16. The quantitative estimate of drug-likeness (QED) is 0.731. The van der Waals surface area contributed by atoms with E-state index in [2.05, 4.69) is 10.6 Å². The van der Waals surface area contributed by atoms with Gasteiger partial charge < -0.3 is 9.73 Å². The highest BCUT2D eigenvalue weighted by Gasteiger charge is 2.12. The lowest BCUT2D eigenvalue weighted by molar-refractivity contribution is -0.115. The molecule has 0 spiro atoms. The molecule has 4 nitrogen and oxygen atoms in total. The second-order valence-corrected chi connectivity index (χ2v) is 5.78. The minimum Gasteiger partial charge on any atom is -0.459 e. The van der Waals surface area contributed by atoms with Crippen molar-refractivity contribution in [3.8, 4) is 0 Å². The average molecular weight is 329 g/mol. The molecule has 5 heteroatoms. The van der Waals surface area contributed by atoms with Gasteiger partial charge in [-0.2, -0.15) is 0 Å². The van der Waals surface area contributed by atoms with Crippen LogP contribution in [-0.2, 0) is 4.79 Å². The molecule has 0 saturated carbocycles. The van der Waals surface area contributed by atoms with Crippen molar-refractivity contribution >= 4 is 34.2 Å². The number of furan rings is 1. The molecule has 0 bridgehead atoms. The molecule has 0 aliphatic heterocycles. The molecule has 1 heterocycles. The minimum atomic E-state index is -0.115. The molecule has 0 radical (unpaired) electrons. The Kier molecular flexibility index (Phi) is 4.65. The van der Waals surface area contributed by atoms with Crippen LogP contribution in [0.1, 0.15) is 18.7 Å². The number of nitrogens with one attached hydrogen (secondary N) is 2. The maximum Gasteiger partial charge on any atom is 0.238 e. The first-order chi connectivity index (χ1) is 11.1. The highest BCUT2D eigenvalue weighted by atomic mass is 35.5. The number of amides is 1. The Balaban J connectivity index is 1.56. The molecule has 1 unspecified atom stereocenters. The summed E-state index contributed by atoms with van der Waals surface area (Å²) in [5.74, 6) is 0.695. The Morgan fingerprint density at radius 2 is 1.91 bits per heavy atom. The maximum absolute atomic E-state index is 12.0. The molecule has 23 heavy (non-hydrogen) atoms. The van der Waals surface area contributed by atoms with Crippen LogP contribution in [0, 0.1) is 0 Å². The topological polar surface area (TPSA) is 54.3 Å². The molecular weight excluding hydrogens is 312 g/mol. The summed E-state index contributed by atoms with van der Waals surface area (Å²) in [4.78, 5) is 12.0. The van der Waals surface area contributed by atoms with E-state index < -0.39 is 0 Å². The fraction of sp³-hybridized carbons (Fsp3) is 0.167. The van der Waals surface area contributed by atoms with Gasteiger partial charge in [-0.1, -0.05) is 29.8 Å². The van der Waals surface area contributed by atoms with Gasteiger partial charge in [-0.15, -0.1) is 0 Å². The molecule has 0 saturated heterocycles. The first kappa shape index (κ1) is 15.6. The number of para-hydroxylation sites is 1. The molecule has 1 amide bonds. The standard InChI is InChI=1S/C18H17ClN2O2/c1-12(17-10-13-4-2-3-5-16(13)23-17)20-11-18(22)21-15-8-6-14(19)7-9-15/h2-10,12,20H,11H2,1H3,(H,21,22). The third kappa shape index (κ3) is 3.92. The molecule has 2 N–H and O–H groups in total. The lowest BCUT2D eigenvalue weighted by Crippen LogP contribution is -2.29. The summed E-state index contributed by atoms with van der Waals surface area (Å²) < 4.78 is 5.78. The largest absolute Gasteiger partial charge is 0.459 e. The second kappa shape index (κ2) is 6.86. The van der Waals surface area contributed by atoms with Crippen molar-refractivity contribution in [2.45, 2.75) is 13.0 Å². The van der Waals surface area contributed by atoms with Crippen molar-refractivity contribution in [2.24, 2.45) is 0 Å². The van der Waals surface area contributed by atoms with Crippen LogP contribution >= 0.6 is 11.6 Å². The van der Waals surface area contributed by atoms with Gasteiger partial charge in [-0.05, 0) is 43.3 Å². The van der Waals surface area contributed by atoms with Crippen LogP contribution in [0.5, 0.6) is 0 Å². The van der Waals surface area contributed by atoms with Crippen molar-refractivity contribution in [1.29, 1.82) is 0 Å². The summed E-state index contributed by atoms with van der Waals surface area (Å²) in [7, 11) is 0. The van der Waals surface area contributed by atoms with E-state index in [1.807, 2.05) is 37.3 Å². The molecule has 0 aliphatic rings. The lowest BCUT2D eigenvalue weighted by Gasteiger charge is -2.11. The van der Waals surface area contributed by atoms with Gasteiger partial charge in [0.2, 0.25) is 5.91 Å². The zero-order chi connectivity index (χ0) is 16.2.